The Bertz CT molecular complexity index is 1110. The molecular weight excluding hydrogens is 476 g/mol. The second-order valence-electron chi connectivity index (χ2n) is 6.75. The molecule has 1 heterocycles. The molecule has 1 atom stereocenters. The molecule has 7 nitrogen and oxygen atoms in total. The normalized spacial score (nSPS) is 11.9. The first-order valence-corrected chi connectivity index (χ1v) is 11.2. The Balaban J connectivity index is 1.57. The van der Waals surface area contributed by atoms with Gasteiger partial charge < -0.3 is 14.0 Å². The molecule has 0 fully saturated rings. The number of hydrogen-bond acceptors (Lipinski definition) is 7. The number of benzene rings is 2. The molecule has 0 aliphatic rings. The van der Waals surface area contributed by atoms with Crippen molar-refractivity contribution in [3.05, 3.63) is 59.1 Å². The summed E-state index contributed by atoms with van der Waals surface area (Å²) in [6, 6.07) is 12.4. The van der Waals surface area contributed by atoms with Crippen LogP contribution in [0.25, 0.3) is 11.4 Å². The third-order valence-electron chi connectivity index (χ3n) is 4.50. The highest BCUT2D eigenvalue weighted by molar-refractivity contribution is 7.99. The molecule has 1 aromatic heterocycles. The zero-order valence-electron chi connectivity index (χ0n) is 17.7. The molecule has 0 bridgehead atoms. The monoisotopic (exact) mass is 495 g/mol. The van der Waals surface area contributed by atoms with E-state index in [1.165, 1.54) is 31.2 Å². The van der Waals surface area contributed by atoms with Gasteiger partial charge in [-0.25, -0.2) is 0 Å². The number of nitrogens with zero attached hydrogens (tertiary/aromatic N) is 3. The number of ketones is 1. The number of hydrogen-bond donors (Lipinski definition) is 0. The van der Waals surface area contributed by atoms with E-state index >= 15 is 0 Å². The van der Waals surface area contributed by atoms with Gasteiger partial charge in [-0.15, -0.1) is 10.2 Å². The first kappa shape index (κ1) is 24.7. The quantitative estimate of drug-likeness (QED) is 0.219. The maximum Gasteiger partial charge on any atom is 0.387 e. The second-order valence-corrected chi connectivity index (χ2v) is 8.12. The number of carbonyl (C=O) groups is 2. The molecule has 0 saturated heterocycles. The second kappa shape index (κ2) is 11.2. The summed E-state index contributed by atoms with van der Waals surface area (Å²) < 4.78 is 35.8. The Morgan fingerprint density at radius 3 is 2.36 bits per heavy atom. The van der Waals surface area contributed by atoms with Gasteiger partial charge in [0.2, 0.25) is 5.78 Å². The van der Waals surface area contributed by atoms with Gasteiger partial charge in [-0.05, 0) is 62.4 Å². The largest absolute Gasteiger partial charge is 0.454 e. The van der Waals surface area contributed by atoms with Gasteiger partial charge in [0.15, 0.2) is 17.1 Å². The average molecular weight is 496 g/mol. The van der Waals surface area contributed by atoms with E-state index in [9.17, 15) is 18.4 Å². The number of aromatic nitrogens is 3. The SMILES string of the molecule is CCn1c(SCC(=O)O[C@H](C)C(=O)c2ccc(OC(F)F)cc2)nnc1-c1ccc(Cl)cc1. The van der Waals surface area contributed by atoms with E-state index in [1.54, 1.807) is 12.1 Å². The molecule has 0 spiro atoms. The molecule has 0 amide bonds. The van der Waals surface area contributed by atoms with Gasteiger partial charge >= 0.3 is 12.6 Å². The lowest BCUT2D eigenvalue weighted by Crippen LogP contribution is -2.25. The van der Waals surface area contributed by atoms with Crippen molar-refractivity contribution in [1.82, 2.24) is 14.8 Å². The van der Waals surface area contributed by atoms with Gasteiger partial charge in [-0.1, -0.05) is 23.4 Å². The van der Waals surface area contributed by atoms with Crippen LogP contribution in [0.4, 0.5) is 8.78 Å². The van der Waals surface area contributed by atoms with Crippen molar-refractivity contribution in [2.75, 3.05) is 5.75 Å². The fraction of sp³-hybridized carbons (Fsp3) is 0.273. The summed E-state index contributed by atoms with van der Waals surface area (Å²) >= 11 is 7.08. The van der Waals surface area contributed by atoms with Crippen LogP contribution in [0.2, 0.25) is 5.02 Å². The standard InChI is InChI=1S/C22H20ClF2N3O4S/c1-3-28-20(15-4-8-16(23)9-5-15)26-27-22(28)33-12-18(29)31-13(2)19(30)14-6-10-17(11-7-14)32-21(24)25/h4-11,13,21H,3,12H2,1-2H3/t13-/m1/s1. The lowest BCUT2D eigenvalue weighted by atomic mass is 10.1. The number of ether oxygens (including phenoxy) is 2. The molecule has 0 saturated carbocycles. The summed E-state index contributed by atoms with van der Waals surface area (Å²) in [5, 5.41) is 9.50. The lowest BCUT2D eigenvalue weighted by molar-refractivity contribution is -0.143. The first-order valence-electron chi connectivity index (χ1n) is 9.89. The van der Waals surface area contributed by atoms with Crippen molar-refractivity contribution in [2.45, 2.75) is 38.3 Å². The Morgan fingerprint density at radius 2 is 1.76 bits per heavy atom. The van der Waals surface area contributed by atoms with E-state index in [-0.39, 0.29) is 17.1 Å². The Labute approximate surface area is 198 Å². The van der Waals surface area contributed by atoms with Crippen molar-refractivity contribution in [2.24, 2.45) is 0 Å². The van der Waals surface area contributed by atoms with Crippen molar-refractivity contribution >= 4 is 35.1 Å². The van der Waals surface area contributed by atoms with Gasteiger partial charge in [0.05, 0.1) is 5.75 Å². The Hall–Kier alpha value is -2.98. The van der Waals surface area contributed by atoms with Crippen LogP contribution in [-0.4, -0.2) is 45.0 Å². The predicted molar refractivity (Wildman–Crippen MR) is 120 cm³/mol. The summed E-state index contributed by atoms with van der Waals surface area (Å²) in [6.07, 6.45) is -1.05. The molecular formula is C22H20ClF2N3O4S. The van der Waals surface area contributed by atoms with Crippen molar-refractivity contribution in [3.8, 4) is 17.1 Å². The van der Waals surface area contributed by atoms with Crippen LogP contribution in [0, 0.1) is 0 Å². The van der Waals surface area contributed by atoms with E-state index in [0.717, 1.165) is 17.3 Å². The fourth-order valence-corrected chi connectivity index (χ4v) is 3.85. The van der Waals surface area contributed by atoms with E-state index in [0.29, 0.717) is 22.5 Å². The minimum atomic E-state index is -2.95. The summed E-state index contributed by atoms with van der Waals surface area (Å²) in [6.45, 7) is 1.01. The van der Waals surface area contributed by atoms with Crippen molar-refractivity contribution < 1.29 is 27.8 Å². The number of Topliss-reactive ketones (excluding diaryl/α,β-unsaturated/α-hetero) is 1. The molecule has 174 valence electrons. The Morgan fingerprint density at radius 1 is 1.09 bits per heavy atom. The lowest BCUT2D eigenvalue weighted by Gasteiger charge is -2.13. The molecule has 0 radical (unpaired) electrons. The minimum absolute atomic E-state index is 0.0689. The summed E-state index contributed by atoms with van der Waals surface area (Å²) in [5.74, 6) is -0.554. The van der Waals surface area contributed by atoms with E-state index in [2.05, 4.69) is 14.9 Å². The van der Waals surface area contributed by atoms with Crippen LogP contribution in [0.5, 0.6) is 5.75 Å². The Kier molecular flexibility index (Phi) is 8.40. The van der Waals surface area contributed by atoms with E-state index in [4.69, 9.17) is 16.3 Å². The number of halogens is 3. The van der Waals surface area contributed by atoms with Gasteiger partial charge in [0.1, 0.15) is 5.75 Å². The third-order valence-corrected chi connectivity index (χ3v) is 5.69. The van der Waals surface area contributed by atoms with Crippen molar-refractivity contribution in [3.63, 3.8) is 0 Å². The van der Waals surface area contributed by atoms with E-state index in [1.807, 2.05) is 23.6 Å². The van der Waals surface area contributed by atoms with Crippen LogP contribution in [-0.2, 0) is 16.1 Å². The fourth-order valence-electron chi connectivity index (χ4n) is 2.94. The highest BCUT2D eigenvalue weighted by Crippen LogP contribution is 2.25. The first-order chi connectivity index (χ1) is 15.8. The molecule has 0 aliphatic heterocycles. The van der Waals surface area contributed by atoms with Gasteiger partial charge in [-0.3, -0.25) is 9.59 Å². The molecule has 3 rings (SSSR count). The van der Waals surface area contributed by atoms with Crippen LogP contribution in [0.1, 0.15) is 24.2 Å². The van der Waals surface area contributed by atoms with Crippen molar-refractivity contribution in [1.29, 1.82) is 0 Å². The average Bonchev–Trinajstić information content (AvgIpc) is 3.20. The summed E-state index contributed by atoms with van der Waals surface area (Å²) in [4.78, 5) is 24.7. The van der Waals surface area contributed by atoms with Crippen LogP contribution >= 0.6 is 23.4 Å². The molecule has 33 heavy (non-hydrogen) atoms. The van der Waals surface area contributed by atoms with Gasteiger partial charge in [-0.2, -0.15) is 8.78 Å². The number of thioether (sulfide) groups is 1. The van der Waals surface area contributed by atoms with Gasteiger partial charge in [0.25, 0.3) is 0 Å². The highest BCUT2D eigenvalue weighted by atomic mass is 35.5. The van der Waals surface area contributed by atoms with Crippen LogP contribution < -0.4 is 4.74 Å². The number of esters is 1. The maximum atomic E-state index is 12.5. The highest BCUT2D eigenvalue weighted by Gasteiger charge is 2.21. The van der Waals surface area contributed by atoms with Gasteiger partial charge in [0, 0.05) is 22.7 Å². The smallest absolute Gasteiger partial charge is 0.387 e. The number of carbonyl (C=O) groups excluding carboxylic acids is 2. The molecule has 0 N–H and O–H groups in total. The molecule has 11 heteroatoms. The molecule has 0 unspecified atom stereocenters. The number of rotatable bonds is 10. The zero-order chi connectivity index (χ0) is 24.0. The minimum Gasteiger partial charge on any atom is -0.454 e. The van der Waals surface area contributed by atoms with Crippen LogP contribution in [0.3, 0.4) is 0 Å². The molecule has 2 aromatic carbocycles. The maximum absolute atomic E-state index is 12.5. The summed E-state index contributed by atoms with van der Waals surface area (Å²) in [5.41, 5.74) is 1.05. The predicted octanol–water partition coefficient (Wildman–Crippen LogP) is 5.13. The molecule has 0 aliphatic carbocycles. The number of alkyl halides is 2. The zero-order valence-corrected chi connectivity index (χ0v) is 19.3. The summed E-state index contributed by atoms with van der Waals surface area (Å²) in [7, 11) is 0. The third kappa shape index (κ3) is 6.52. The topological polar surface area (TPSA) is 83.3 Å². The van der Waals surface area contributed by atoms with Crippen LogP contribution in [0.15, 0.2) is 53.7 Å². The van der Waals surface area contributed by atoms with E-state index < -0.39 is 24.5 Å². The molecule has 3 aromatic rings.